The minimum atomic E-state index is -3.13. The molecule has 0 aliphatic carbocycles. The number of halogens is 5. The van der Waals surface area contributed by atoms with Crippen LogP contribution in [0, 0.1) is 0 Å². The first kappa shape index (κ1) is 12.5. The van der Waals surface area contributed by atoms with Crippen LogP contribution in [0.3, 0.4) is 0 Å². The van der Waals surface area contributed by atoms with Crippen molar-refractivity contribution in [3.63, 3.8) is 0 Å². The van der Waals surface area contributed by atoms with Crippen LogP contribution in [0.5, 0.6) is 0 Å². The van der Waals surface area contributed by atoms with E-state index < -0.39 is 12.3 Å². The fraction of sp³-hybridized carbons (Fsp3) is 0.125. The van der Waals surface area contributed by atoms with Crippen LogP contribution >= 0.6 is 34.8 Å². The lowest BCUT2D eigenvalue weighted by molar-refractivity contribution is -0.126. The summed E-state index contributed by atoms with van der Waals surface area (Å²) < 4.78 is 23.9. The lowest BCUT2D eigenvalue weighted by Gasteiger charge is -2.08. The van der Waals surface area contributed by atoms with Gasteiger partial charge in [0, 0.05) is 5.02 Å². The van der Waals surface area contributed by atoms with Crippen molar-refractivity contribution in [2.24, 2.45) is 0 Å². The summed E-state index contributed by atoms with van der Waals surface area (Å²) in [5, 5.41) is 2.15. The number of amides is 1. The molecule has 1 amide bonds. The van der Waals surface area contributed by atoms with E-state index >= 15 is 0 Å². The van der Waals surface area contributed by atoms with Crippen LogP contribution in [-0.2, 0) is 4.79 Å². The molecule has 0 saturated heterocycles. The second-order valence-electron chi connectivity index (χ2n) is 2.53. The molecule has 2 nitrogen and oxygen atoms in total. The van der Waals surface area contributed by atoms with Gasteiger partial charge >= 0.3 is 6.43 Å². The molecule has 0 aliphatic rings. The van der Waals surface area contributed by atoms with Gasteiger partial charge in [-0.15, -0.1) is 0 Å². The van der Waals surface area contributed by atoms with Crippen molar-refractivity contribution >= 4 is 46.4 Å². The Hall–Kier alpha value is -0.580. The van der Waals surface area contributed by atoms with Gasteiger partial charge < -0.3 is 5.32 Å². The van der Waals surface area contributed by atoms with Crippen LogP contribution in [0.25, 0.3) is 0 Å². The summed E-state index contributed by atoms with van der Waals surface area (Å²) in [6.07, 6.45) is -3.13. The maximum Gasteiger partial charge on any atom is 0.315 e. The second kappa shape index (κ2) is 4.96. The topological polar surface area (TPSA) is 29.1 Å². The van der Waals surface area contributed by atoms with E-state index in [1.54, 1.807) is 0 Å². The molecule has 0 bridgehead atoms. The zero-order valence-corrected chi connectivity index (χ0v) is 9.30. The Morgan fingerprint density at radius 1 is 1.20 bits per heavy atom. The highest BCUT2D eigenvalue weighted by Gasteiger charge is 2.18. The summed E-state index contributed by atoms with van der Waals surface area (Å²) >= 11 is 16.9. The number of carbonyl (C=O) groups excluding carboxylic acids is 1. The van der Waals surface area contributed by atoms with Gasteiger partial charge in [-0.05, 0) is 12.1 Å². The van der Waals surface area contributed by atoms with Crippen LogP contribution in [0.2, 0.25) is 15.1 Å². The Bertz CT molecular complexity index is 374. The highest BCUT2D eigenvalue weighted by Crippen LogP contribution is 2.33. The Morgan fingerprint density at radius 2 is 1.67 bits per heavy atom. The maximum atomic E-state index is 11.9. The van der Waals surface area contributed by atoms with Crippen molar-refractivity contribution in [1.82, 2.24) is 0 Å². The van der Waals surface area contributed by atoms with E-state index in [-0.39, 0.29) is 20.8 Å². The van der Waals surface area contributed by atoms with Crippen LogP contribution in [0.15, 0.2) is 12.1 Å². The number of hydrogen-bond acceptors (Lipinski definition) is 1. The molecule has 0 radical (unpaired) electrons. The van der Waals surface area contributed by atoms with Crippen molar-refractivity contribution in [3.8, 4) is 0 Å². The summed E-state index contributed by atoms with van der Waals surface area (Å²) in [6.45, 7) is 0. The SMILES string of the molecule is O=C(Nc1c(Cl)cc(Cl)cc1Cl)C(F)F. The van der Waals surface area contributed by atoms with E-state index in [0.717, 1.165) is 0 Å². The molecule has 1 aromatic rings. The third kappa shape index (κ3) is 3.19. The molecule has 0 atom stereocenters. The number of benzene rings is 1. The summed E-state index contributed by atoms with van der Waals surface area (Å²) in [7, 11) is 0. The third-order valence-corrected chi connectivity index (χ3v) is 2.27. The molecule has 7 heteroatoms. The molecule has 0 heterocycles. The number of hydrogen-bond donors (Lipinski definition) is 1. The molecule has 0 spiro atoms. The van der Waals surface area contributed by atoms with E-state index in [1.807, 2.05) is 5.32 Å². The molecule has 0 fully saturated rings. The number of nitrogens with one attached hydrogen (secondary N) is 1. The first-order chi connectivity index (χ1) is 6.91. The van der Waals surface area contributed by atoms with Crippen molar-refractivity contribution in [2.45, 2.75) is 6.43 Å². The van der Waals surface area contributed by atoms with Crippen molar-refractivity contribution in [2.75, 3.05) is 5.32 Å². The molecular weight excluding hydrogens is 270 g/mol. The van der Waals surface area contributed by atoms with Crippen LogP contribution < -0.4 is 5.32 Å². The highest BCUT2D eigenvalue weighted by atomic mass is 35.5. The number of alkyl halides is 2. The maximum absolute atomic E-state index is 11.9. The van der Waals surface area contributed by atoms with Gasteiger partial charge in [0.2, 0.25) is 0 Å². The number of carbonyl (C=O) groups is 1. The fourth-order valence-corrected chi connectivity index (χ4v) is 1.75. The average molecular weight is 274 g/mol. The molecule has 15 heavy (non-hydrogen) atoms. The third-order valence-electron chi connectivity index (χ3n) is 1.45. The van der Waals surface area contributed by atoms with Crippen LogP contribution in [0.1, 0.15) is 0 Å². The Labute approximate surface area is 99.1 Å². The van der Waals surface area contributed by atoms with Gasteiger partial charge in [-0.3, -0.25) is 4.79 Å². The monoisotopic (exact) mass is 273 g/mol. The summed E-state index contributed by atoms with van der Waals surface area (Å²) in [5.41, 5.74) is -0.0759. The van der Waals surface area contributed by atoms with E-state index in [1.165, 1.54) is 12.1 Å². The fourth-order valence-electron chi connectivity index (χ4n) is 0.839. The van der Waals surface area contributed by atoms with Gasteiger partial charge in [-0.1, -0.05) is 34.8 Å². The molecule has 1 rings (SSSR count). The predicted octanol–water partition coefficient (Wildman–Crippen LogP) is 3.85. The van der Waals surface area contributed by atoms with Gasteiger partial charge in [0.05, 0.1) is 15.7 Å². The highest BCUT2D eigenvalue weighted by molar-refractivity contribution is 6.42. The first-order valence-electron chi connectivity index (χ1n) is 3.65. The molecule has 1 aromatic carbocycles. The first-order valence-corrected chi connectivity index (χ1v) is 4.78. The van der Waals surface area contributed by atoms with Gasteiger partial charge in [0.1, 0.15) is 0 Å². The normalized spacial score (nSPS) is 10.5. The summed E-state index contributed by atoms with van der Waals surface area (Å²) in [6, 6.07) is 2.58. The number of rotatable bonds is 2. The van der Waals surface area contributed by atoms with E-state index in [4.69, 9.17) is 34.8 Å². The predicted molar refractivity (Wildman–Crippen MR) is 56.1 cm³/mol. The molecule has 0 saturated carbocycles. The molecule has 0 aromatic heterocycles. The molecule has 82 valence electrons. The van der Waals surface area contributed by atoms with Crippen LogP contribution in [-0.4, -0.2) is 12.3 Å². The average Bonchev–Trinajstić information content (AvgIpc) is 2.10. The van der Waals surface area contributed by atoms with E-state index in [2.05, 4.69) is 0 Å². The van der Waals surface area contributed by atoms with E-state index in [0.29, 0.717) is 0 Å². The second-order valence-corrected chi connectivity index (χ2v) is 3.79. The zero-order valence-electron chi connectivity index (χ0n) is 7.03. The standard InChI is InChI=1S/C8H4Cl3F2NO/c9-3-1-4(10)6(5(11)2-3)14-8(15)7(12)13/h1-2,7H,(H,14,15). The zero-order chi connectivity index (χ0) is 11.6. The van der Waals surface area contributed by atoms with Crippen LogP contribution in [0.4, 0.5) is 14.5 Å². The Balaban J connectivity index is 3.00. The summed E-state index contributed by atoms with van der Waals surface area (Å²) in [4.78, 5) is 10.7. The Morgan fingerprint density at radius 3 is 2.07 bits per heavy atom. The van der Waals surface area contributed by atoms with Gasteiger partial charge in [-0.2, -0.15) is 8.78 Å². The quantitative estimate of drug-likeness (QED) is 0.872. The lowest BCUT2D eigenvalue weighted by atomic mass is 10.3. The van der Waals surface area contributed by atoms with Crippen molar-refractivity contribution < 1.29 is 13.6 Å². The van der Waals surface area contributed by atoms with Gasteiger partial charge in [-0.25, -0.2) is 0 Å². The van der Waals surface area contributed by atoms with Crippen molar-refractivity contribution in [3.05, 3.63) is 27.2 Å². The van der Waals surface area contributed by atoms with E-state index in [9.17, 15) is 13.6 Å². The number of anilines is 1. The minimum absolute atomic E-state index is 0.00139. The largest absolute Gasteiger partial charge is 0.319 e. The smallest absolute Gasteiger partial charge is 0.315 e. The van der Waals surface area contributed by atoms with Crippen molar-refractivity contribution in [1.29, 1.82) is 0 Å². The molecule has 0 unspecified atom stereocenters. The molecule has 0 aliphatic heterocycles. The van der Waals surface area contributed by atoms with Gasteiger partial charge in [0.25, 0.3) is 5.91 Å². The lowest BCUT2D eigenvalue weighted by Crippen LogP contribution is -2.20. The minimum Gasteiger partial charge on any atom is -0.319 e. The molecule has 1 N–H and O–H groups in total. The molecular formula is C8H4Cl3F2NO. The van der Waals surface area contributed by atoms with Gasteiger partial charge in [0.15, 0.2) is 0 Å². The Kier molecular flexibility index (Phi) is 4.13. The summed E-state index contributed by atoms with van der Waals surface area (Å²) in [5.74, 6) is -1.47.